The number of rotatable bonds is 2. The molecule has 0 radical (unpaired) electrons. The molecule has 0 bridgehead atoms. The lowest BCUT2D eigenvalue weighted by Gasteiger charge is -2.10. The second-order valence-corrected chi connectivity index (χ2v) is 5.75. The molecule has 1 heterocycles. The molecule has 0 aliphatic rings. The van der Waals surface area contributed by atoms with Crippen molar-refractivity contribution in [1.29, 1.82) is 0 Å². The quantitative estimate of drug-likeness (QED) is 0.487. The first-order valence-electron chi connectivity index (χ1n) is 7.63. The van der Waals surface area contributed by atoms with Crippen LogP contribution in [0, 0.1) is 6.92 Å². The third kappa shape index (κ3) is 2.25. The van der Waals surface area contributed by atoms with Crippen molar-refractivity contribution < 1.29 is 0 Å². The van der Waals surface area contributed by atoms with Crippen LogP contribution in [0.4, 0.5) is 0 Å². The number of hydrogen-bond donors (Lipinski definition) is 0. The normalized spacial score (nSPS) is 11.1. The third-order valence-corrected chi connectivity index (χ3v) is 4.19. The highest BCUT2D eigenvalue weighted by Gasteiger charge is 2.07. The maximum Gasteiger partial charge on any atom is 0.0529 e. The highest BCUT2D eigenvalue weighted by molar-refractivity contribution is 5.88. The van der Waals surface area contributed by atoms with Gasteiger partial charge in [0.1, 0.15) is 0 Å². The number of hydrogen-bond acceptors (Lipinski definition) is 1. The van der Waals surface area contributed by atoms with Crippen molar-refractivity contribution in [3.05, 3.63) is 89.7 Å². The van der Waals surface area contributed by atoms with Gasteiger partial charge in [-0.3, -0.25) is 4.98 Å². The molecule has 0 aliphatic carbocycles. The average Bonchev–Trinajstić information content (AvgIpc) is 2.55. The van der Waals surface area contributed by atoms with Gasteiger partial charge in [0.05, 0.1) is 5.69 Å². The Morgan fingerprint density at radius 1 is 0.727 bits per heavy atom. The van der Waals surface area contributed by atoms with Crippen LogP contribution in [0.5, 0.6) is 0 Å². The third-order valence-electron chi connectivity index (χ3n) is 4.19. The zero-order valence-electron chi connectivity index (χ0n) is 12.6. The Morgan fingerprint density at radius 2 is 1.41 bits per heavy atom. The molecule has 0 aliphatic heterocycles. The zero-order chi connectivity index (χ0) is 14.9. The molecule has 106 valence electrons. The van der Waals surface area contributed by atoms with Gasteiger partial charge in [0.25, 0.3) is 0 Å². The van der Waals surface area contributed by atoms with E-state index in [4.69, 9.17) is 4.98 Å². The molecular formula is C21H17N. The van der Waals surface area contributed by atoms with E-state index >= 15 is 0 Å². The van der Waals surface area contributed by atoms with E-state index in [1.807, 2.05) is 0 Å². The van der Waals surface area contributed by atoms with Crippen LogP contribution in [-0.4, -0.2) is 4.98 Å². The number of aryl methyl sites for hydroxylation is 1. The largest absolute Gasteiger partial charge is 0.257 e. The van der Waals surface area contributed by atoms with Crippen LogP contribution in [0.3, 0.4) is 0 Å². The molecule has 1 heteroatoms. The van der Waals surface area contributed by atoms with E-state index in [0.717, 1.165) is 17.8 Å². The van der Waals surface area contributed by atoms with Gasteiger partial charge >= 0.3 is 0 Å². The van der Waals surface area contributed by atoms with Gasteiger partial charge in [0.15, 0.2) is 0 Å². The van der Waals surface area contributed by atoms with Gasteiger partial charge < -0.3 is 0 Å². The van der Waals surface area contributed by atoms with Gasteiger partial charge in [-0.15, -0.1) is 0 Å². The molecule has 0 saturated heterocycles. The molecule has 0 amide bonds. The topological polar surface area (TPSA) is 12.9 Å². The average molecular weight is 283 g/mol. The molecule has 0 N–H and O–H groups in total. The van der Waals surface area contributed by atoms with Crippen molar-refractivity contribution >= 4 is 21.5 Å². The monoisotopic (exact) mass is 283 g/mol. The van der Waals surface area contributed by atoms with Crippen LogP contribution in [0.15, 0.2) is 72.8 Å². The number of fused-ring (bicyclic) bond motifs is 2. The fraction of sp³-hybridized carbons (Fsp3) is 0.0952. The maximum absolute atomic E-state index is 4.80. The predicted molar refractivity (Wildman–Crippen MR) is 93.2 cm³/mol. The van der Waals surface area contributed by atoms with Crippen LogP contribution in [0.2, 0.25) is 0 Å². The summed E-state index contributed by atoms with van der Waals surface area (Å²) in [4.78, 5) is 4.80. The minimum absolute atomic E-state index is 0.865. The van der Waals surface area contributed by atoms with Crippen LogP contribution < -0.4 is 0 Å². The lowest BCUT2D eigenvalue weighted by atomic mass is 9.98. The molecule has 1 aromatic heterocycles. The first-order chi connectivity index (χ1) is 10.8. The summed E-state index contributed by atoms with van der Waals surface area (Å²) in [5.74, 6) is 0. The van der Waals surface area contributed by atoms with Crippen molar-refractivity contribution in [3.63, 3.8) is 0 Å². The SMILES string of the molecule is Cc1cc2ccccc2c(Cc2cccc3ccccc23)n1. The summed E-state index contributed by atoms with van der Waals surface area (Å²) in [6.45, 7) is 2.07. The van der Waals surface area contributed by atoms with Crippen molar-refractivity contribution in [1.82, 2.24) is 4.98 Å². The van der Waals surface area contributed by atoms with Crippen LogP contribution in [0.25, 0.3) is 21.5 Å². The molecule has 1 nitrogen and oxygen atoms in total. The van der Waals surface area contributed by atoms with Gasteiger partial charge in [-0.05, 0) is 34.7 Å². The fourth-order valence-electron chi connectivity index (χ4n) is 3.18. The first kappa shape index (κ1) is 13.0. The summed E-state index contributed by atoms with van der Waals surface area (Å²) in [6.07, 6.45) is 0.865. The minimum atomic E-state index is 0.865. The molecule has 3 aromatic carbocycles. The second-order valence-electron chi connectivity index (χ2n) is 5.75. The molecule has 0 saturated carbocycles. The summed E-state index contributed by atoms with van der Waals surface area (Å²) < 4.78 is 0. The van der Waals surface area contributed by atoms with Gasteiger partial charge in [0.2, 0.25) is 0 Å². The molecule has 4 rings (SSSR count). The Bertz CT molecular complexity index is 964. The van der Waals surface area contributed by atoms with Crippen LogP contribution >= 0.6 is 0 Å². The number of nitrogens with zero attached hydrogens (tertiary/aromatic N) is 1. The summed E-state index contributed by atoms with van der Waals surface area (Å²) in [5, 5.41) is 5.13. The van der Waals surface area contributed by atoms with Gasteiger partial charge in [-0.1, -0.05) is 66.7 Å². The summed E-state index contributed by atoms with van der Waals surface area (Å²) in [6, 6.07) is 25.7. The van der Waals surface area contributed by atoms with Crippen LogP contribution in [0.1, 0.15) is 17.0 Å². The Kier molecular flexibility index (Phi) is 3.12. The van der Waals surface area contributed by atoms with Gasteiger partial charge in [-0.25, -0.2) is 0 Å². The first-order valence-corrected chi connectivity index (χ1v) is 7.63. The Morgan fingerprint density at radius 3 is 2.27 bits per heavy atom. The number of pyridine rings is 1. The Balaban J connectivity index is 1.90. The number of aromatic nitrogens is 1. The van der Waals surface area contributed by atoms with Gasteiger partial charge in [0, 0.05) is 17.5 Å². The highest BCUT2D eigenvalue weighted by Crippen LogP contribution is 2.25. The molecule has 0 unspecified atom stereocenters. The Labute approximate surface area is 130 Å². The van der Waals surface area contributed by atoms with Crippen molar-refractivity contribution in [2.24, 2.45) is 0 Å². The molecule has 4 aromatic rings. The van der Waals surface area contributed by atoms with E-state index in [2.05, 4.69) is 79.7 Å². The van der Waals surface area contributed by atoms with E-state index in [0.29, 0.717) is 0 Å². The second kappa shape index (κ2) is 5.27. The van der Waals surface area contributed by atoms with Crippen LogP contribution in [-0.2, 0) is 6.42 Å². The highest BCUT2D eigenvalue weighted by atomic mass is 14.7. The smallest absolute Gasteiger partial charge is 0.0529 e. The van der Waals surface area contributed by atoms with E-state index in [9.17, 15) is 0 Å². The number of benzene rings is 3. The summed E-state index contributed by atoms with van der Waals surface area (Å²) >= 11 is 0. The fourth-order valence-corrected chi connectivity index (χ4v) is 3.18. The molecule has 0 atom stereocenters. The predicted octanol–water partition coefficient (Wildman–Crippen LogP) is 5.29. The van der Waals surface area contributed by atoms with Crippen molar-refractivity contribution in [2.75, 3.05) is 0 Å². The molecular weight excluding hydrogens is 266 g/mol. The van der Waals surface area contributed by atoms with E-state index in [1.54, 1.807) is 0 Å². The van der Waals surface area contributed by atoms with E-state index in [-0.39, 0.29) is 0 Å². The molecule has 0 spiro atoms. The van der Waals surface area contributed by atoms with Gasteiger partial charge in [-0.2, -0.15) is 0 Å². The van der Waals surface area contributed by atoms with Crippen molar-refractivity contribution in [3.8, 4) is 0 Å². The Hall–Kier alpha value is -2.67. The van der Waals surface area contributed by atoms with E-state index < -0.39 is 0 Å². The lowest BCUT2D eigenvalue weighted by Crippen LogP contribution is -1.97. The maximum atomic E-state index is 4.80. The van der Waals surface area contributed by atoms with E-state index in [1.165, 1.54) is 27.1 Å². The molecule has 0 fully saturated rings. The zero-order valence-corrected chi connectivity index (χ0v) is 12.6. The standard InChI is InChI=1S/C21H17N/c1-15-13-17-8-3-5-12-20(17)21(22-15)14-18-10-6-9-16-7-2-4-11-19(16)18/h2-13H,14H2,1H3. The van der Waals surface area contributed by atoms with Crippen molar-refractivity contribution in [2.45, 2.75) is 13.3 Å². The minimum Gasteiger partial charge on any atom is -0.257 e. The summed E-state index contributed by atoms with van der Waals surface area (Å²) in [7, 11) is 0. The summed E-state index contributed by atoms with van der Waals surface area (Å²) in [5.41, 5.74) is 3.57. The lowest BCUT2D eigenvalue weighted by molar-refractivity contribution is 1.07. The molecule has 22 heavy (non-hydrogen) atoms.